The number of nitrogens with one attached hydrogen (secondary N) is 1. The lowest BCUT2D eigenvalue weighted by Gasteiger charge is -2.22. The highest BCUT2D eigenvalue weighted by molar-refractivity contribution is 5.15. The van der Waals surface area contributed by atoms with Crippen molar-refractivity contribution in [1.29, 1.82) is 0 Å². The van der Waals surface area contributed by atoms with Crippen molar-refractivity contribution in [3.63, 3.8) is 0 Å². The highest BCUT2D eigenvalue weighted by atomic mass is 16.3. The van der Waals surface area contributed by atoms with Gasteiger partial charge in [-0.15, -0.1) is 0 Å². The van der Waals surface area contributed by atoms with E-state index in [0.717, 1.165) is 19.3 Å². The summed E-state index contributed by atoms with van der Waals surface area (Å²) in [4.78, 5) is 0. The predicted octanol–water partition coefficient (Wildman–Crippen LogP) is 2.37. The molecule has 2 atom stereocenters. The number of aliphatic hydroxyl groups is 1. The standard InChI is InChI=1S/C14H23NO/c1-3-13(15-14(4-2)11-16)10-12-8-6-5-7-9-12/h5-9,13-16H,3-4,10-11H2,1-2H3/t13?,14-/m1/s1. The van der Waals surface area contributed by atoms with Crippen LogP contribution in [0, 0.1) is 0 Å². The molecule has 0 spiro atoms. The molecule has 1 aromatic rings. The van der Waals surface area contributed by atoms with Crippen LogP contribution >= 0.6 is 0 Å². The second kappa shape index (κ2) is 7.42. The third-order valence-corrected chi connectivity index (χ3v) is 3.00. The van der Waals surface area contributed by atoms with Gasteiger partial charge in [0.2, 0.25) is 0 Å². The van der Waals surface area contributed by atoms with Crippen molar-refractivity contribution in [1.82, 2.24) is 5.32 Å². The Bertz CT molecular complexity index is 269. The van der Waals surface area contributed by atoms with Gasteiger partial charge in [-0.05, 0) is 24.8 Å². The number of hydrogen-bond donors (Lipinski definition) is 2. The van der Waals surface area contributed by atoms with Gasteiger partial charge >= 0.3 is 0 Å². The molecule has 0 aromatic heterocycles. The maximum Gasteiger partial charge on any atom is 0.0584 e. The fraction of sp³-hybridized carbons (Fsp3) is 0.571. The first-order valence-corrected chi connectivity index (χ1v) is 6.21. The molecule has 0 aliphatic carbocycles. The number of rotatable bonds is 7. The van der Waals surface area contributed by atoms with Gasteiger partial charge in [0.15, 0.2) is 0 Å². The maximum absolute atomic E-state index is 9.17. The van der Waals surface area contributed by atoms with E-state index < -0.39 is 0 Å². The van der Waals surface area contributed by atoms with Crippen LogP contribution in [0.25, 0.3) is 0 Å². The summed E-state index contributed by atoms with van der Waals surface area (Å²) in [6.07, 6.45) is 3.10. The molecule has 1 aromatic carbocycles. The van der Waals surface area contributed by atoms with Crippen LogP contribution < -0.4 is 5.32 Å². The Morgan fingerprint density at radius 3 is 2.19 bits per heavy atom. The molecule has 0 fully saturated rings. The van der Waals surface area contributed by atoms with Crippen molar-refractivity contribution >= 4 is 0 Å². The van der Waals surface area contributed by atoms with Crippen molar-refractivity contribution in [2.45, 2.75) is 45.2 Å². The van der Waals surface area contributed by atoms with Gasteiger partial charge in [0.25, 0.3) is 0 Å². The van der Waals surface area contributed by atoms with Gasteiger partial charge < -0.3 is 10.4 Å². The predicted molar refractivity (Wildman–Crippen MR) is 68.5 cm³/mol. The van der Waals surface area contributed by atoms with Crippen LogP contribution in [0.5, 0.6) is 0 Å². The summed E-state index contributed by atoms with van der Waals surface area (Å²) in [7, 11) is 0. The lowest BCUT2D eigenvalue weighted by Crippen LogP contribution is -2.41. The largest absolute Gasteiger partial charge is 0.395 e. The van der Waals surface area contributed by atoms with E-state index in [1.54, 1.807) is 0 Å². The van der Waals surface area contributed by atoms with E-state index in [2.05, 4.69) is 43.4 Å². The summed E-state index contributed by atoms with van der Waals surface area (Å²) in [6.45, 7) is 4.51. The second-order valence-corrected chi connectivity index (χ2v) is 4.25. The molecule has 0 saturated carbocycles. The molecular weight excluding hydrogens is 198 g/mol. The molecule has 90 valence electrons. The van der Waals surface area contributed by atoms with Gasteiger partial charge in [-0.25, -0.2) is 0 Å². The van der Waals surface area contributed by atoms with E-state index >= 15 is 0 Å². The molecule has 2 nitrogen and oxygen atoms in total. The number of hydrogen-bond acceptors (Lipinski definition) is 2. The van der Waals surface area contributed by atoms with Crippen molar-refractivity contribution in [2.75, 3.05) is 6.61 Å². The van der Waals surface area contributed by atoms with Crippen LogP contribution in [0.4, 0.5) is 0 Å². The van der Waals surface area contributed by atoms with Crippen LogP contribution in [0.2, 0.25) is 0 Å². The van der Waals surface area contributed by atoms with Crippen LogP contribution in [0.1, 0.15) is 32.3 Å². The van der Waals surface area contributed by atoms with E-state index in [1.165, 1.54) is 5.56 Å². The first kappa shape index (κ1) is 13.2. The minimum absolute atomic E-state index is 0.224. The van der Waals surface area contributed by atoms with Crippen LogP contribution in [-0.2, 0) is 6.42 Å². The molecule has 0 bridgehead atoms. The smallest absolute Gasteiger partial charge is 0.0584 e. The topological polar surface area (TPSA) is 32.3 Å². The quantitative estimate of drug-likeness (QED) is 0.741. The first-order chi connectivity index (χ1) is 7.80. The maximum atomic E-state index is 9.17. The zero-order chi connectivity index (χ0) is 11.8. The summed E-state index contributed by atoms with van der Waals surface area (Å²) in [5, 5.41) is 12.7. The molecule has 0 aliphatic rings. The Hall–Kier alpha value is -0.860. The van der Waals surface area contributed by atoms with E-state index in [0.29, 0.717) is 6.04 Å². The van der Waals surface area contributed by atoms with Gasteiger partial charge in [0, 0.05) is 12.1 Å². The van der Waals surface area contributed by atoms with E-state index in [1.807, 2.05) is 6.07 Å². The lowest BCUT2D eigenvalue weighted by molar-refractivity contribution is 0.225. The lowest BCUT2D eigenvalue weighted by atomic mass is 10.0. The van der Waals surface area contributed by atoms with Gasteiger partial charge in [-0.3, -0.25) is 0 Å². The molecule has 0 aliphatic heterocycles. The van der Waals surface area contributed by atoms with Crippen molar-refractivity contribution in [3.8, 4) is 0 Å². The zero-order valence-electron chi connectivity index (χ0n) is 10.3. The molecule has 0 heterocycles. The SMILES string of the molecule is CCC(Cc1ccccc1)N[C@H](CC)CO. The Morgan fingerprint density at radius 1 is 1.06 bits per heavy atom. The van der Waals surface area contributed by atoms with Crippen molar-refractivity contribution in [3.05, 3.63) is 35.9 Å². The first-order valence-electron chi connectivity index (χ1n) is 6.21. The Balaban J connectivity index is 2.49. The fourth-order valence-corrected chi connectivity index (χ4v) is 1.85. The number of aliphatic hydroxyl groups excluding tert-OH is 1. The van der Waals surface area contributed by atoms with Crippen molar-refractivity contribution in [2.24, 2.45) is 0 Å². The summed E-state index contributed by atoms with van der Waals surface area (Å²) < 4.78 is 0. The Labute approximate surface area is 98.7 Å². The summed E-state index contributed by atoms with van der Waals surface area (Å²) in [5.74, 6) is 0. The third-order valence-electron chi connectivity index (χ3n) is 3.00. The Morgan fingerprint density at radius 2 is 1.69 bits per heavy atom. The second-order valence-electron chi connectivity index (χ2n) is 4.25. The third kappa shape index (κ3) is 4.33. The molecule has 0 saturated heterocycles. The molecule has 0 amide bonds. The van der Waals surface area contributed by atoms with Gasteiger partial charge in [-0.2, -0.15) is 0 Å². The van der Waals surface area contributed by atoms with E-state index in [9.17, 15) is 5.11 Å². The van der Waals surface area contributed by atoms with Crippen molar-refractivity contribution < 1.29 is 5.11 Å². The average molecular weight is 221 g/mol. The summed E-state index contributed by atoms with van der Waals surface area (Å²) in [5.41, 5.74) is 1.36. The highest BCUT2D eigenvalue weighted by Gasteiger charge is 2.11. The fourth-order valence-electron chi connectivity index (χ4n) is 1.85. The summed E-state index contributed by atoms with van der Waals surface area (Å²) in [6, 6.07) is 11.2. The van der Waals surface area contributed by atoms with E-state index in [4.69, 9.17) is 0 Å². The normalized spacial score (nSPS) is 14.7. The zero-order valence-corrected chi connectivity index (χ0v) is 10.3. The van der Waals surface area contributed by atoms with Crippen LogP contribution in [-0.4, -0.2) is 23.8 Å². The number of benzene rings is 1. The highest BCUT2D eigenvalue weighted by Crippen LogP contribution is 2.07. The molecular formula is C14H23NO. The minimum atomic E-state index is 0.224. The monoisotopic (exact) mass is 221 g/mol. The molecule has 0 radical (unpaired) electrons. The Kier molecular flexibility index (Phi) is 6.12. The van der Waals surface area contributed by atoms with Gasteiger partial charge in [-0.1, -0.05) is 44.2 Å². The average Bonchev–Trinajstić information content (AvgIpc) is 2.35. The minimum Gasteiger partial charge on any atom is -0.395 e. The molecule has 1 rings (SSSR count). The summed E-state index contributed by atoms with van der Waals surface area (Å²) >= 11 is 0. The molecule has 2 N–H and O–H groups in total. The molecule has 16 heavy (non-hydrogen) atoms. The van der Waals surface area contributed by atoms with E-state index in [-0.39, 0.29) is 12.6 Å². The molecule has 2 heteroatoms. The van der Waals surface area contributed by atoms with Gasteiger partial charge in [0.05, 0.1) is 6.61 Å². The molecule has 1 unspecified atom stereocenters. The van der Waals surface area contributed by atoms with Crippen LogP contribution in [0.15, 0.2) is 30.3 Å². The van der Waals surface area contributed by atoms with Crippen LogP contribution in [0.3, 0.4) is 0 Å². The van der Waals surface area contributed by atoms with Gasteiger partial charge in [0.1, 0.15) is 0 Å².